The topological polar surface area (TPSA) is 102 Å². The van der Waals surface area contributed by atoms with E-state index in [1.807, 2.05) is 9.80 Å². The second-order valence-electron chi connectivity index (χ2n) is 6.33. The van der Waals surface area contributed by atoms with Gasteiger partial charge in [-0.25, -0.2) is 0 Å². The average Bonchev–Trinajstić information content (AvgIpc) is 3.36. The molecular formula is C18H20N4O4. The fourth-order valence-electron chi connectivity index (χ4n) is 3.33. The number of hydrogen-bond acceptors (Lipinski definition) is 6. The summed E-state index contributed by atoms with van der Waals surface area (Å²) in [5, 5.41) is 17.9. The minimum atomic E-state index is -0.106. The van der Waals surface area contributed by atoms with E-state index in [9.17, 15) is 9.90 Å². The largest absolute Gasteiger partial charge is 0.507 e. The lowest BCUT2D eigenvalue weighted by atomic mass is 10.1. The van der Waals surface area contributed by atoms with Gasteiger partial charge in [0.05, 0.1) is 12.7 Å². The minimum Gasteiger partial charge on any atom is -0.507 e. The first kappa shape index (κ1) is 16.3. The average molecular weight is 356 g/mol. The van der Waals surface area contributed by atoms with Gasteiger partial charge >= 0.3 is 0 Å². The number of amides is 1. The third kappa shape index (κ3) is 2.63. The lowest BCUT2D eigenvalue weighted by Gasteiger charge is -2.18. The number of carbonyl (C=O) groups is 1. The SMILES string of the molecule is COC(=N)c1ccc(N2COc3cc(C(=O)N4CCCC4)[nH]c32)cc1O. The first-order valence-electron chi connectivity index (χ1n) is 8.47. The summed E-state index contributed by atoms with van der Waals surface area (Å²) < 4.78 is 10.5. The van der Waals surface area contributed by atoms with E-state index >= 15 is 0 Å². The van der Waals surface area contributed by atoms with Crippen molar-refractivity contribution >= 4 is 23.3 Å². The van der Waals surface area contributed by atoms with E-state index in [2.05, 4.69) is 4.98 Å². The molecule has 0 aliphatic carbocycles. The van der Waals surface area contributed by atoms with Crippen molar-refractivity contribution in [3.63, 3.8) is 0 Å². The van der Waals surface area contributed by atoms with Gasteiger partial charge in [0.15, 0.2) is 18.3 Å². The van der Waals surface area contributed by atoms with Crippen LogP contribution in [0.3, 0.4) is 0 Å². The van der Waals surface area contributed by atoms with Crippen LogP contribution in [0.15, 0.2) is 24.3 Å². The molecule has 2 aliphatic rings. The number of fused-ring (bicyclic) bond motifs is 1. The maximum absolute atomic E-state index is 12.5. The van der Waals surface area contributed by atoms with Gasteiger partial charge in [-0.15, -0.1) is 0 Å². The zero-order valence-electron chi connectivity index (χ0n) is 14.4. The Morgan fingerprint density at radius 3 is 2.77 bits per heavy atom. The van der Waals surface area contributed by atoms with Crippen molar-refractivity contribution < 1.29 is 19.4 Å². The Hall–Kier alpha value is -3.16. The van der Waals surface area contributed by atoms with Crippen LogP contribution in [0.1, 0.15) is 28.9 Å². The molecule has 1 aromatic carbocycles. The summed E-state index contributed by atoms with van der Waals surface area (Å²) in [6.07, 6.45) is 2.08. The highest BCUT2D eigenvalue weighted by molar-refractivity contribution is 5.96. The van der Waals surface area contributed by atoms with Gasteiger partial charge in [-0.1, -0.05) is 0 Å². The number of hydrogen-bond donors (Lipinski definition) is 3. The predicted octanol–water partition coefficient (Wildman–Crippen LogP) is 2.42. The molecule has 136 valence electrons. The molecule has 0 atom stereocenters. The fourth-order valence-corrected chi connectivity index (χ4v) is 3.33. The number of likely N-dealkylation sites (tertiary alicyclic amines) is 1. The molecule has 2 aliphatic heterocycles. The van der Waals surface area contributed by atoms with E-state index in [1.165, 1.54) is 7.11 Å². The maximum Gasteiger partial charge on any atom is 0.270 e. The van der Waals surface area contributed by atoms with Crippen molar-refractivity contribution in [2.75, 3.05) is 31.8 Å². The number of aromatic amines is 1. The van der Waals surface area contributed by atoms with Crippen LogP contribution in [0, 0.1) is 5.41 Å². The van der Waals surface area contributed by atoms with Crippen molar-refractivity contribution in [2.45, 2.75) is 12.8 Å². The normalized spacial score (nSPS) is 15.7. The second-order valence-corrected chi connectivity index (χ2v) is 6.33. The highest BCUT2D eigenvalue weighted by Crippen LogP contribution is 2.40. The van der Waals surface area contributed by atoms with Crippen molar-refractivity contribution in [1.82, 2.24) is 9.88 Å². The molecule has 4 rings (SSSR count). The van der Waals surface area contributed by atoms with Gasteiger partial charge in [0.1, 0.15) is 11.4 Å². The molecule has 26 heavy (non-hydrogen) atoms. The van der Waals surface area contributed by atoms with Crippen LogP contribution in [-0.4, -0.2) is 53.7 Å². The van der Waals surface area contributed by atoms with Crippen LogP contribution >= 0.6 is 0 Å². The number of carbonyl (C=O) groups excluding carboxylic acids is 1. The monoisotopic (exact) mass is 356 g/mol. The number of nitrogens with zero attached hydrogens (tertiary/aromatic N) is 2. The summed E-state index contributed by atoms with van der Waals surface area (Å²) in [7, 11) is 1.38. The van der Waals surface area contributed by atoms with Gasteiger partial charge in [-0.3, -0.25) is 15.1 Å². The van der Waals surface area contributed by atoms with Gasteiger partial charge in [-0.05, 0) is 25.0 Å². The van der Waals surface area contributed by atoms with Crippen LogP contribution in [0.4, 0.5) is 11.5 Å². The molecule has 1 aromatic heterocycles. The van der Waals surface area contributed by atoms with Gasteiger partial charge < -0.3 is 24.5 Å². The number of nitrogens with one attached hydrogen (secondary N) is 2. The molecule has 1 saturated heterocycles. The van der Waals surface area contributed by atoms with E-state index in [-0.39, 0.29) is 24.3 Å². The molecule has 3 heterocycles. The number of rotatable bonds is 3. The number of anilines is 2. The first-order chi connectivity index (χ1) is 12.6. The van der Waals surface area contributed by atoms with Gasteiger partial charge in [0, 0.05) is 30.9 Å². The molecule has 1 fully saturated rings. The molecule has 2 aromatic rings. The van der Waals surface area contributed by atoms with Crippen molar-refractivity contribution in [1.29, 1.82) is 5.41 Å². The minimum absolute atomic E-state index is 0.0211. The summed E-state index contributed by atoms with van der Waals surface area (Å²) in [4.78, 5) is 19.4. The van der Waals surface area contributed by atoms with Crippen molar-refractivity contribution in [2.24, 2.45) is 0 Å². The second kappa shape index (κ2) is 6.29. The van der Waals surface area contributed by atoms with E-state index in [4.69, 9.17) is 14.9 Å². The predicted molar refractivity (Wildman–Crippen MR) is 95.5 cm³/mol. The number of phenols is 1. The van der Waals surface area contributed by atoms with Crippen molar-refractivity contribution in [3.8, 4) is 11.5 Å². The molecule has 0 bridgehead atoms. The Bertz CT molecular complexity index is 870. The summed E-state index contributed by atoms with van der Waals surface area (Å²) in [5.74, 6) is 1.11. The molecular weight excluding hydrogens is 336 g/mol. The lowest BCUT2D eigenvalue weighted by Crippen LogP contribution is -2.28. The van der Waals surface area contributed by atoms with E-state index in [0.717, 1.165) is 25.9 Å². The number of ether oxygens (including phenoxy) is 2. The number of H-pyrrole nitrogens is 1. The van der Waals surface area contributed by atoms with E-state index < -0.39 is 0 Å². The highest BCUT2D eigenvalue weighted by atomic mass is 16.5. The Kier molecular flexibility index (Phi) is 3.95. The van der Waals surface area contributed by atoms with Crippen LogP contribution < -0.4 is 9.64 Å². The number of aromatic nitrogens is 1. The Morgan fingerprint density at radius 1 is 1.31 bits per heavy atom. The Morgan fingerprint density at radius 2 is 2.08 bits per heavy atom. The molecule has 0 unspecified atom stereocenters. The molecule has 3 N–H and O–H groups in total. The highest BCUT2D eigenvalue weighted by Gasteiger charge is 2.29. The van der Waals surface area contributed by atoms with Gasteiger partial charge in [0.2, 0.25) is 5.90 Å². The van der Waals surface area contributed by atoms with Crippen LogP contribution in [0.5, 0.6) is 11.5 Å². The number of methoxy groups -OCH3 is 1. The third-order valence-electron chi connectivity index (χ3n) is 4.75. The van der Waals surface area contributed by atoms with Crippen LogP contribution in [-0.2, 0) is 4.74 Å². The quantitative estimate of drug-likeness (QED) is 0.579. The first-order valence-corrected chi connectivity index (χ1v) is 8.47. The van der Waals surface area contributed by atoms with E-state index in [1.54, 1.807) is 24.3 Å². The molecule has 0 saturated carbocycles. The summed E-state index contributed by atoms with van der Waals surface area (Å²) in [5.41, 5.74) is 1.51. The maximum atomic E-state index is 12.5. The Balaban J connectivity index is 1.60. The molecule has 0 spiro atoms. The van der Waals surface area contributed by atoms with E-state index in [0.29, 0.717) is 28.5 Å². The van der Waals surface area contributed by atoms with Gasteiger partial charge in [0.25, 0.3) is 5.91 Å². The van der Waals surface area contributed by atoms with Crippen LogP contribution in [0.2, 0.25) is 0 Å². The molecule has 8 heteroatoms. The summed E-state index contributed by atoms with van der Waals surface area (Å²) in [6.45, 7) is 1.85. The van der Waals surface area contributed by atoms with Crippen LogP contribution in [0.25, 0.3) is 0 Å². The lowest BCUT2D eigenvalue weighted by molar-refractivity contribution is 0.0787. The summed E-state index contributed by atoms with van der Waals surface area (Å²) in [6, 6.07) is 6.66. The number of aromatic hydroxyl groups is 1. The standard InChI is InChI=1S/C18H20N4O4/c1-25-16(19)12-5-4-11(8-14(12)23)22-10-26-15-9-13(20-17(15)22)18(24)21-6-2-3-7-21/h4-5,8-9,19-20,23H,2-3,6-7,10H2,1H3. The summed E-state index contributed by atoms with van der Waals surface area (Å²) >= 11 is 0. The third-order valence-corrected chi connectivity index (χ3v) is 4.75. The molecule has 8 nitrogen and oxygen atoms in total. The molecule has 0 radical (unpaired) electrons. The smallest absolute Gasteiger partial charge is 0.270 e. The zero-order chi connectivity index (χ0) is 18.3. The fraction of sp³-hybridized carbons (Fsp3) is 0.333. The Labute approximate surface area is 150 Å². The molecule has 1 amide bonds. The zero-order valence-corrected chi connectivity index (χ0v) is 14.4. The van der Waals surface area contributed by atoms with Crippen molar-refractivity contribution in [3.05, 3.63) is 35.5 Å². The number of phenolic OH excluding ortho intramolecular Hbond substituents is 1. The number of benzene rings is 1. The van der Waals surface area contributed by atoms with Gasteiger partial charge in [-0.2, -0.15) is 0 Å².